The molecule has 1 unspecified atom stereocenters. The number of hydrogen-bond acceptors (Lipinski definition) is 6. The van der Waals surface area contributed by atoms with E-state index in [0.717, 1.165) is 10.5 Å². The summed E-state index contributed by atoms with van der Waals surface area (Å²) in [7, 11) is 1.56. The highest BCUT2D eigenvalue weighted by molar-refractivity contribution is 8.00. The average molecular weight is 476 g/mol. The van der Waals surface area contributed by atoms with Gasteiger partial charge in [0.25, 0.3) is 5.91 Å². The summed E-state index contributed by atoms with van der Waals surface area (Å²) < 4.78 is 5.18. The first-order valence-corrected chi connectivity index (χ1v) is 11.9. The summed E-state index contributed by atoms with van der Waals surface area (Å²) >= 11 is 2.81. The number of hydrogen-bond donors (Lipinski definition) is 2. The number of ether oxygens (including phenoxy) is 1. The second kappa shape index (κ2) is 10.8. The van der Waals surface area contributed by atoms with Gasteiger partial charge in [-0.15, -0.1) is 23.1 Å². The van der Waals surface area contributed by atoms with Gasteiger partial charge in [0.15, 0.2) is 5.13 Å². The van der Waals surface area contributed by atoms with Crippen LogP contribution in [0.15, 0.2) is 95.3 Å². The fourth-order valence-electron chi connectivity index (χ4n) is 3.08. The maximum absolute atomic E-state index is 13.0. The Morgan fingerprint density at radius 3 is 2.45 bits per heavy atom. The van der Waals surface area contributed by atoms with Gasteiger partial charge in [0, 0.05) is 27.7 Å². The van der Waals surface area contributed by atoms with Gasteiger partial charge in [0.1, 0.15) is 11.0 Å². The number of thiazole rings is 1. The lowest BCUT2D eigenvalue weighted by molar-refractivity contribution is -0.115. The number of rotatable bonds is 8. The Bertz CT molecular complexity index is 1210. The van der Waals surface area contributed by atoms with Crippen molar-refractivity contribution >= 4 is 45.7 Å². The van der Waals surface area contributed by atoms with Gasteiger partial charge in [-0.05, 0) is 48.0 Å². The number of benzene rings is 3. The lowest BCUT2D eigenvalue weighted by Gasteiger charge is -2.16. The lowest BCUT2D eigenvalue weighted by Crippen LogP contribution is -2.18. The minimum Gasteiger partial charge on any atom is -0.497 e. The standard InChI is InChI=1S/C25H21N3O3S2/c1-31-20-9-5-8-18(16-20)23(29)27-19-10-12-21(13-11-19)33-22(17-6-3-2-4-7-17)24(30)28-25-26-14-15-32-25/h2-16,22H,1H3,(H,27,29)(H,26,28,30). The molecule has 0 aliphatic heterocycles. The van der Waals surface area contributed by atoms with Crippen molar-refractivity contribution in [2.24, 2.45) is 0 Å². The van der Waals surface area contributed by atoms with Crippen LogP contribution in [0.2, 0.25) is 0 Å². The Labute approximate surface area is 200 Å². The fourth-order valence-corrected chi connectivity index (χ4v) is 4.63. The molecule has 1 atom stereocenters. The normalized spacial score (nSPS) is 11.4. The molecular formula is C25H21N3O3S2. The van der Waals surface area contributed by atoms with E-state index in [9.17, 15) is 9.59 Å². The van der Waals surface area contributed by atoms with Gasteiger partial charge in [-0.2, -0.15) is 0 Å². The molecule has 166 valence electrons. The van der Waals surface area contributed by atoms with E-state index in [-0.39, 0.29) is 11.8 Å². The minimum absolute atomic E-state index is 0.142. The summed E-state index contributed by atoms with van der Waals surface area (Å²) in [6.45, 7) is 0. The van der Waals surface area contributed by atoms with Gasteiger partial charge in [0.2, 0.25) is 5.91 Å². The predicted octanol–water partition coefficient (Wildman–Crippen LogP) is 5.88. The molecule has 0 spiro atoms. The number of nitrogens with zero attached hydrogens (tertiary/aromatic N) is 1. The molecule has 4 aromatic rings. The van der Waals surface area contributed by atoms with Gasteiger partial charge < -0.3 is 15.4 Å². The SMILES string of the molecule is COc1cccc(C(=O)Nc2ccc(SC(C(=O)Nc3nccs3)c3ccccc3)cc2)c1. The van der Waals surface area contributed by atoms with Crippen molar-refractivity contribution in [3.8, 4) is 5.75 Å². The molecule has 4 rings (SSSR count). The molecule has 1 aromatic heterocycles. The summed E-state index contributed by atoms with van der Waals surface area (Å²) in [6.07, 6.45) is 1.66. The van der Waals surface area contributed by atoms with E-state index < -0.39 is 5.25 Å². The molecule has 0 bridgehead atoms. The molecule has 0 saturated heterocycles. The molecule has 1 heterocycles. The number of carbonyl (C=O) groups is 2. The van der Waals surface area contributed by atoms with E-state index in [2.05, 4.69) is 15.6 Å². The maximum Gasteiger partial charge on any atom is 0.255 e. The Balaban J connectivity index is 1.47. The van der Waals surface area contributed by atoms with Crippen LogP contribution in [-0.4, -0.2) is 23.9 Å². The van der Waals surface area contributed by atoms with E-state index in [1.807, 2.05) is 60.0 Å². The summed E-state index contributed by atoms with van der Waals surface area (Å²) in [4.78, 5) is 30.6. The van der Waals surface area contributed by atoms with Gasteiger partial charge >= 0.3 is 0 Å². The molecule has 33 heavy (non-hydrogen) atoms. The van der Waals surface area contributed by atoms with E-state index in [4.69, 9.17) is 4.74 Å². The number of anilines is 2. The number of methoxy groups -OCH3 is 1. The van der Waals surface area contributed by atoms with Crippen molar-refractivity contribution < 1.29 is 14.3 Å². The van der Waals surface area contributed by atoms with Crippen LogP contribution in [0, 0.1) is 0 Å². The van der Waals surface area contributed by atoms with Crippen molar-refractivity contribution in [2.45, 2.75) is 10.1 Å². The monoisotopic (exact) mass is 475 g/mol. The van der Waals surface area contributed by atoms with Crippen LogP contribution >= 0.6 is 23.1 Å². The summed E-state index contributed by atoms with van der Waals surface area (Å²) in [5, 5.41) is 7.70. The number of thioether (sulfide) groups is 1. The molecule has 0 saturated carbocycles. The second-order valence-corrected chi connectivity index (χ2v) is 9.02. The van der Waals surface area contributed by atoms with Gasteiger partial charge in [-0.25, -0.2) is 4.98 Å². The van der Waals surface area contributed by atoms with Crippen LogP contribution in [0.5, 0.6) is 5.75 Å². The highest BCUT2D eigenvalue weighted by Crippen LogP contribution is 2.37. The van der Waals surface area contributed by atoms with Crippen molar-refractivity contribution in [1.29, 1.82) is 0 Å². The molecule has 2 N–H and O–H groups in total. The molecule has 0 aliphatic rings. The molecule has 2 amide bonds. The molecule has 8 heteroatoms. The Kier molecular flexibility index (Phi) is 7.39. The van der Waals surface area contributed by atoms with Crippen LogP contribution < -0.4 is 15.4 Å². The maximum atomic E-state index is 13.0. The van der Waals surface area contributed by atoms with E-state index in [1.54, 1.807) is 37.6 Å². The van der Waals surface area contributed by atoms with Crippen LogP contribution in [-0.2, 0) is 4.79 Å². The molecule has 3 aromatic carbocycles. The average Bonchev–Trinajstić information content (AvgIpc) is 3.37. The zero-order valence-electron chi connectivity index (χ0n) is 17.7. The second-order valence-electron chi connectivity index (χ2n) is 6.95. The zero-order chi connectivity index (χ0) is 23.0. The van der Waals surface area contributed by atoms with Crippen molar-refractivity contribution in [3.05, 3.63) is 102 Å². The van der Waals surface area contributed by atoms with E-state index in [1.165, 1.54) is 23.1 Å². The molecular weight excluding hydrogens is 454 g/mol. The Hall–Kier alpha value is -3.62. The smallest absolute Gasteiger partial charge is 0.255 e. The third kappa shape index (κ3) is 6.00. The van der Waals surface area contributed by atoms with Gasteiger partial charge in [0.05, 0.1) is 7.11 Å². The first kappa shape index (κ1) is 22.6. The molecule has 0 aliphatic carbocycles. The summed E-state index contributed by atoms with van der Waals surface area (Å²) in [5.41, 5.74) is 2.07. The van der Waals surface area contributed by atoms with Crippen LogP contribution in [0.1, 0.15) is 21.2 Å². The summed E-state index contributed by atoms with van der Waals surface area (Å²) in [6, 6.07) is 24.0. The minimum atomic E-state index is -0.452. The number of carbonyl (C=O) groups excluding carboxylic acids is 2. The van der Waals surface area contributed by atoms with Crippen LogP contribution in [0.25, 0.3) is 0 Å². The van der Waals surface area contributed by atoms with Crippen LogP contribution in [0.3, 0.4) is 0 Å². The Morgan fingerprint density at radius 2 is 1.76 bits per heavy atom. The highest BCUT2D eigenvalue weighted by Gasteiger charge is 2.23. The van der Waals surface area contributed by atoms with Gasteiger partial charge in [-0.3, -0.25) is 9.59 Å². The summed E-state index contributed by atoms with van der Waals surface area (Å²) in [5.74, 6) is 0.258. The zero-order valence-corrected chi connectivity index (χ0v) is 19.4. The van der Waals surface area contributed by atoms with Crippen LogP contribution in [0.4, 0.5) is 10.8 Å². The predicted molar refractivity (Wildman–Crippen MR) is 133 cm³/mol. The number of nitrogens with one attached hydrogen (secondary N) is 2. The van der Waals surface area contributed by atoms with Crippen molar-refractivity contribution in [1.82, 2.24) is 4.98 Å². The van der Waals surface area contributed by atoms with E-state index >= 15 is 0 Å². The third-order valence-electron chi connectivity index (χ3n) is 4.70. The number of aromatic nitrogens is 1. The largest absolute Gasteiger partial charge is 0.497 e. The fraction of sp³-hybridized carbons (Fsp3) is 0.0800. The van der Waals surface area contributed by atoms with Crippen molar-refractivity contribution in [3.63, 3.8) is 0 Å². The first-order valence-electron chi connectivity index (χ1n) is 10.1. The van der Waals surface area contributed by atoms with Gasteiger partial charge in [-0.1, -0.05) is 36.4 Å². The third-order valence-corrected chi connectivity index (χ3v) is 6.66. The molecule has 0 radical (unpaired) electrons. The molecule has 0 fully saturated rings. The van der Waals surface area contributed by atoms with Crippen molar-refractivity contribution in [2.75, 3.05) is 17.7 Å². The quantitative estimate of drug-likeness (QED) is 0.311. The highest BCUT2D eigenvalue weighted by atomic mass is 32.2. The lowest BCUT2D eigenvalue weighted by atomic mass is 10.1. The Morgan fingerprint density at radius 1 is 0.970 bits per heavy atom. The molecule has 6 nitrogen and oxygen atoms in total. The number of amides is 2. The topological polar surface area (TPSA) is 80.3 Å². The van der Waals surface area contributed by atoms with E-state index in [0.29, 0.717) is 22.1 Å². The first-order chi connectivity index (χ1) is 16.1.